The predicted molar refractivity (Wildman–Crippen MR) is 97.1 cm³/mol. The fourth-order valence-corrected chi connectivity index (χ4v) is 3.65. The van der Waals surface area contributed by atoms with Gasteiger partial charge in [0.05, 0.1) is 5.75 Å². The van der Waals surface area contributed by atoms with E-state index >= 15 is 0 Å². The van der Waals surface area contributed by atoms with Crippen molar-refractivity contribution in [2.45, 2.75) is 31.2 Å². The lowest BCUT2D eigenvalue weighted by atomic mass is 10.1. The van der Waals surface area contributed by atoms with Gasteiger partial charge in [-0.25, -0.2) is 0 Å². The summed E-state index contributed by atoms with van der Waals surface area (Å²) in [6.45, 7) is 5.68. The maximum absolute atomic E-state index is 12.3. The van der Waals surface area contributed by atoms with Crippen LogP contribution in [-0.2, 0) is 11.3 Å². The van der Waals surface area contributed by atoms with Gasteiger partial charge in [-0.2, -0.15) is 0 Å². The van der Waals surface area contributed by atoms with E-state index in [1.54, 1.807) is 4.90 Å². The van der Waals surface area contributed by atoms with Gasteiger partial charge in [-0.15, -0.1) is 10.2 Å². The number of rotatable bonds is 8. The molecule has 0 saturated heterocycles. The second kappa shape index (κ2) is 8.88. The van der Waals surface area contributed by atoms with Crippen LogP contribution in [0, 0.1) is 6.92 Å². The molecule has 7 heteroatoms. The molecule has 0 aliphatic rings. The lowest BCUT2D eigenvalue weighted by Gasteiger charge is -2.18. The smallest absolute Gasteiger partial charge is 0.233 e. The van der Waals surface area contributed by atoms with Crippen LogP contribution in [0.2, 0.25) is 0 Å². The van der Waals surface area contributed by atoms with E-state index in [0.717, 1.165) is 22.4 Å². The molecule has 0 fully saturated rings. The van der Waals surface area contributed by atoms with Crippen molar-refractivity contribution in [2.24, 2.45) is 0 Å². The third kappa shape index (κ3) is 5.51. The van der Waals surface area contributed by atoms with E-state index in [-0.39, 0.29) is 5.91 Å². The highest BCUT2D eigenvalue weighted by atomic mass is 32.2. The highest BCUT2D eigenvalue weighted by molar-refractivity contribution is 8.01. The summed E-state index contributed by atoms with van der Waals surface area (Å²) in [6.07, 6.45) is 1.05. The average Bonchev–Trinajstić information content (AvgIpc) is 3.00. The molecule has 23 heavy (non-hydrogen) atoms. The maximum Gasteiger partial charge on any atom is 0.233 e. The molecular formula is C16H22N4OS2. The fraction of sp³-hybridized carbons (Fsp3) is 0.438. The van der Waals surface area contributed by atoms with Gasteiger partial charge in [0.2, 0.25) is 11.0 Å². The van der Waals surface area contributed by atoms with Crippen LogP contribution in [0.3, 0.4) is 0 Å². The fourth-order valence-electron chi connectivity index (χ4n) is 1.94. The molecule has 0 aliphatic carbocycles. The summed E-state index contributed by atoms with van der Waals surface area (Å²) in [5.74, 6) is 0.474. The van der Waals surface area contributed by atoms with Crippen molar-refractivity contribution in [3.63, 3.8) is 0 Å². The Bertz CT molecular complexity index is 645. The Hall–Kier alpha value is -1.60. The molecule has 2 rings (SSSR count). The van der Waals surface area contributed by atoms with Crippen LogP contribution in [0.25, 0.3) is 0 Å². The van der Waals surface area contributed by atoms with Crippen LogP contribution >= 0.6 is 23.1 Å². The van der Waals surface area contributed by atoms with E-state index < -0.39 is 0 Å². The minimum atomic E-state index is 0.0940. The van der Waals surface area contributed by atoms with Gasteiger partial charge in [0.25, 0.3) is 0 Å². The lowest BCUT2D eigenvalue weighted by Crippen LogP contribution is -2.28. The summed E-state index contributed by atoms with van der Waals surface area (Å²) >= 11 is 2.93. The maximum atomic E-state index is 12.3. The monoisotopic (exact) mass is 350 g/mol. The molecule has 124 valence electrons. The van der Waals surface area contributed by atoms with Gasteiger partial charge in [0, 0.05) is 20.1 Å². The average molecular weight is 351 g/mol. The van der Waals surface area contributed by atoms with Crippen LogP contribution in [0.1, 0.15) is 24.5 Å². The zero-order valence-electron chi connectivity index (χ0n) is 13.7. The van der Waals surface area contributed by atoms with Crippen LogP contribution in [0.15, 0.2) is 28.6 Å². The molecule has 0 bridgehead atoms. The van der Waals surface area contributed by atoms with E-state index in [1.165, 1.54) is 34.2 Å². The zero-order chi connectivity index (χ0) is 16.7. The number of amides is 1. The summed E-state index contributed by atoms with van der Waals surface area (Å²) < 4.78 is 0.821. The number of hydrogen-bond acceptors (Lipinski definition) is 6. The SMILES string of the molecule is CCCNc1nnc(SCC(=O)N(C)Cc2ccccc2C)s1. The number of carbonyl (C=O) groups excluding carboxylic acids is 1. The van der Waals surface area contributed by atoms with Gasteiger partial charge in [-0.1, -0.05) is 54.3 Å². The third-order valence-corrected chi connectivity index (χ3v) is 5.35. The van der Waals surface area contributed by atoms with Crippen LogP contribution in [-0.4, -0.2) is 40.3 Å². The van der Waals surface area contributed by atoms with Crippen molar-refractivity contribution in [2.75, 3.05) is 24.7 Å². The summed E-state index contributed by atoms with van der Waals surface area (Å²) in [4.78, 5) is 14.0. The van der Waals surface area contributed by atoms with Crippen molar-refractivity contribution in [3.8, 4) is 0 Å². The Labute approximate surface area is 145 Å². The number of aryl methyl sites for hydroxylation is 1. The van der Waals surface area contributed by atoms with Gasteiger partial charge in [0.15, 0.2) is 4.34 Å². The minimum Gasteiger partial charge on any atom is -0.360 e. The summed E-state index contributed by atoms with van der Waals surface area (Å²) in [5.41, 5.74) is 2.38. The van der Waals surface area contributed by atoms with E-state index in [1.807, 2.05) is 19.2 Å². The summed E-state index contributed by atoms with van der Waals surface area (Å²) in [5, 5.41) is 12.2. The molecule has 1 aromatic heterocycles. The molecule has 0 spiro atoms. The largest absolute Gasteiger partial charge is 0.360 e. The molecule has 1 heterocycles. The normalized spacial score (nSPS) is 10.6. The number of nitrogens with zero attached hydrogens (tertiary/aromatic N) is 3. The van der Waals surface area contributed by atoms with Gasteiger partial charge >= 0.3 is 0 Å². The Morgan fingerprint density at radius 3 is 2.87 bits per heavy atom. The number of thioether (sulfide) groups is 1. The minimum absolute atomic E-state index is 0.0940. The number of benzene rings is 1. The Morgan fingerprint density at radius 2 is 2.13 bits per heavy atom. The Kier molecular flexibility index (Phi) is 6.85. The highest BCUT2D eigenvalue weighted by Gasteiger charge is 2.13. The van der Waals surface area contributed by atoms with Crippen molar-refractivity contribution in [1.29, 1.82) is 0 Å². The topological polar surface area (TPSA) is 58.1 Å². The molecule has 0 atom stereocenters. The molecule has 0 saturated carbocycles. The number of aromatic nitrogens is 2. The third-order valence-electron chi connectivity index (χ3n) is 3.35. The molecule has 0 unspecified atom stereocenters. The number of anilines is 1. The molecule has 0 aliphatic heterocycles. The molecule has 1 aromatic carbocycles. The Balaban J connectivity index is 1.82. The first kappa shape index (κ1) is 17.7. The van der Waals surface area contributed by atoms with Crippen molar-refractivity contribution in [3.05, 3.63) is 35.4 Å². The van der Waals surface area contributed by atoms with Crippen molar-refractivity contribution in [1.82, 2.24) is 15.1 Å². The van der Waals surface area contributed by atoms with Crippen molar-refractivity contribution >= 4 is 34.1 Å². The quantitative estimate of drug-likeness (QED) is 0.739. The molecule has 1 amide bonds. The van der Waals surface area contributed by atoms with Gasteiger partial charge in [-0.3, -0.25) is 4.79 Å². The molecule has 0 radical (unpaired) electrons. The van der Waals surface area contributed by atoms with Crippen LogP contribution in [0.4, 0.5) is 5.13 Å². The molecule has 5 nitrogen and oxygen atoms in total. The predicted octanol–water partition coefficient (Wildman–Crippen LogP) is 3.42. The standard InChI is InChI=1S/C16H22N4OS2/c1-4-9-17-15-18-19-16(23-15)22-11-14(21)20(3)10-13-8-6-5-7-12(13)2/h5-8H,4,9-11H2,1-3H3,(H,17,18). The highest BCUT2D eigenvalue weighted by Crippen LogP contribution is 2.25. The van der Waals surface area contributed by atoms with Gasteiger partial charge < -0.3 is 10.2 Å². The summed E-state index contributed by atoms with van der Waals surface area (Å²) in [6, 6.07) is 8.13. The van der Waals surface area contributed by atoms with Gasteiger partial charge in [-0.05, 0) is 24.5 Å². The summed E-state index contributed by atoms with van der Waals surface area (Å²) in [7, 11) is 1.84. The first-order valence-corrected chi connectivity index (χ1v) is 9.39. The van der Waals surface area contributed by atoms with Crippen LogP contribution in [0.5, 0.6) is 0 Å². The second-order valence-electron chi connectivity index (χ2n) is 5.26. The first-order chi connectivity index (χ1) is 11.1. The molecular weight excluding hydrogens is 328 g/mol. The van der Waals surface area contributed by atoms with E-state index in [4.69, 9.17) is 0 Å². The van der Waals surface area contributed by atoms with E-state index in [2.05, 4.69) is 41.5 Å². The van der Waals surface area contributed by atoms with Crippen molar-refractivity contribution < 1.29 is 4.79 Å². The number of nitrogens with one attached hydrogen (secondary N) is 1. The van der Waals surface area contributed by atoms with E-state index in [9.17, 15) is 4.79 Å². The number of carbonyl (C=O) groups is 1. The first-order valence-electron chi connectivity index (χ1n) is 7.58. The second-order valence-corrected chi connectivity index (χ2v) is 7.46. The lowest BCUT2D eigenvalue weighted by molar-refractivity contribution is -0.127. The molecule has 2 aromatic rings. The Morgan fingerprint density at radius 1 is 1.35 bits per heavy atom. The van der Waals surface area contributed by atoms with E-state index in [0.29, 0.717) is 12.3 Å². The van der Waals surface area contributed by atoms with Crippen LogP contribution < -0.4 is 5.32 Å². The van der Waals surface area contributed by atoms with Gasteiger partial charge in [0.1, 0.15) is 0 Å². The molecule has 1 N–H and O–H groups in total. The zero-order valence-corrected chi connectivity index (χ0v) is 15.3. The number of hydrogen-bond donors (Lipinski definition) is 1.